The molecule has 0 radical (unpaired) electrons. The van der Waals surface area contributed by atoms with E-state index in [1.807, 2.05) is 29.3 Å². The van der Waals surface area contributed by atoms with Crippen LogP contribution >= 0.6 is 0 Å². The van der Waals surface area contributed by atoms with Crippen molar-refractivity contribution in [2.45, 2.75) is 25.5 Å². The minimum Gasteiger partial charge on any atom is -0.490 e. The fraction of sp³-hybridized carbons (Fsp3) is 0.333. The molecule has 37 heavy (non-hydrogen) atoms. The fourth-order valence-corrected chi connectivity index (χ4v) is 4.92. The van der Waals surface area contributed by atoms with E-state index >= 15 is 0 Å². The molecule has 1 amide bonds. The van der Waals surface area contributed by atoms with E-state index in [2.05, 4.69) is 39.0 Å². The molecule has 0 bridgehead atoms. The Morgan fingerprint density at radius 3 is 2.51 bits per heavy atom. The van der Waals surface area contributed by atoms with E-state index in [1.165, 1.54) is 23.8 Å². The predicted octanol–water partition coefficient (Wildman–Crippen LogP) is 4.63. The number of halogens is 1. The lowest BCUT2D eigenvalue weighted by atomic mass is 10.1. The van der Waals surface area contributed by atoms with Gasteiger partial charge in [0.2, 0.25) is 5.91 Å². The number of rotatable bonds is 7. The molecule has 0 spiro atoms. The lowest BCUT2D eigenvalue weighted by Crippen LogP contribution is -2.46. The summed E-state index contributed by atoms with van der Waals surface area (Å²) in [5.74, 6) is 1.58. The number of carbonyl (C=O) groups is 1. The second kappa shape index (κ2) is 12.0. The van der Waals surface area contributed by atoms with Crippen molar-refractivity contribution >= 4 is 17.8 Å². The normalized spacial score (nSPS) is 17.3. The molecule has 7 heteroatoms. The van der Waals surface area contributed by atoms with E-state index in [0.717, 1.165) is 57.1 Å². The Bertz CT molecular complexity index is 1200. The van der Waals surface area contributed by atoms with E-state index in [4.69, 9.17) is 4.74 Å². The van der Waals surface area contributed by atoms with E-state index in [9.17, 15) is 9.18 Å². The highest BCUT2D eigenvalue weighted by Gasteiger charge is 2.23. The summed E-state index contributed by atoms with van der Waals surface area (Å²) in [6.07, 6.45) is 6.71. The number of nitrogens with zero attached hydrogens (tertiary/aromatic N) is 4. The van der Waals surface area contributed by atoms with Gasteiger partial charge in [-0.1, -0.05) is 30.3 Å². The van der Waals surface area contributed by atoms with Gasteiger partial charge >= 0.3 is 0 Å². The van der Waals surface area contributed by atoms with Crippen LogP contribution in [0.15, 0.2) is 79.0 Å². The number of amides is 1. The number of aromatic nitrogens is 1. The first-order chi connectivity index (χ1) is 18.1. The van der Waals surface area contributed by atoms with Gasteiger partial charge in [0.25, 0.3) is 0 Å². The molecule has 192 valence electrons. The molecule has 0 N–H and O–H groups in total. The largest absolute Gasteiger partial charge is 0.490 e. The third kappa shape index (κ3) is 6.95. The van der Waals surface area contributed by atoms with Gasteiger partial charge in [-0.2, -0.15) is 0 Å². The van der Waals surface area contributed by atoms with Gasteiger partial charge in [-0.3, -0.25) is 9.69 Å². The Morgan fingerprint density at radius 1 is 0.946 bits per heavy atom. The number of benzene rings is 2. The second-order valence-corrected chi connectivity index (χ2v) is 9.63. The summed E-state index contributed by atoms with van der Waals surface area (Å²) in [6.45, 7) is 6.15. The standard InChI is InChI=1S/C30H33FN4O2/c31-26-7-3-5-24(21-26)10-11-30(36)35-15-12-27(13-16-35)37-28-8-4-6-25(22-28)23-33-17-19-34(20-18-33)29-9-1-2-14-32-29/h1-11,14,21-22,27H,12-13,15-20,23H2. The van der Waals surface area contributed by atoms with Gasteiger partial charge in [-0.25, -0.2) is 9.37 Å². The number of hydrogen-bond acceptors (Lipinski definition) is 5. The van der Waals surface area contributed by atoms with Crippen LogP contribution in [0.1, 0.15) is 24.0 Å². The Labute approximate surface area is 218 Å². The van der Waals surface area contributed by atoms with Gasteiger partial charge in [0.1, 0.15) is 23.5 Å². The lowest BCUT2D eigenvalue weighted by Gasteiger charge is -2.35. The molecule has 0 aliphatic carbocycles. The Hall–Kier alpha value is -3.71. The number of piperazine rings is 1. The number of carbonyl (C=O) groups excluding carboxylic acids is 1. The third-order valence-corrected chi connectivity index (χ3v) is 6.97. The quantitative estimate of drug-likeness (QED) is 0.443. The third-order valence-electron chi connectivity index (χ3n) is 6.97. The number of anilines is 1. The highest BCUT2D eigenvalue weighted by molar-refractivity contribution is 5.91. The van der Waals surface area contributed by atoms with Crippen LogP contribution in [0.4, 0.5) is 10.2 Å². The number of ether oxygens (including phenoxy) is 1. The molecule has 0 unspecified atom stereocenters. The molecule has 5 rings (SSSR count). The van der Waals surface area contributed by atoms with Crippen LogP contribution in [0.3, 0.4) is 0 Å². The van der Waals surface area contributed by atoms with Gasteiger partial charge < -0.3 is 14.5 Å². The summed E-state index contributed by atoms with van der Waals surface area (Å²) in [6, 6.07) is 20.7. The van der Waals surface area contributed by atoms with E-state index in [0.29, 0.717) is 18.7 Å². The summed E-state index contributed by atoms with van der Waals surface area (Å²) in [4.78, 5) is 23.7. The molecule has 3 aromatic rings. The van der Waals surface area contributed by atoms with E-state index in [1.54, 1.807) is 18.2 Å². The Balaban J connectivity index is 1.07. The minimum atomic E-state index is -0.306. The van der Waals surface area contributed by atoms with Crippen molar-refractivity contribution in [2.24, 2.45) is 0 Å². The SMILES string of the molecule is O=C(C=Cc1cccc(F)c1)N1CCC(Oc2cccc(CN3CCN(c4ccccn4)CC3)c2)CC1. The van der Waals surface area contributed by atoms with Crippen LogP contribution < -0.4 is 9.64 Å². The molecule has 2 saturated heterocycles. The van der Waals surface area contributed by atoms with Crippen molar-refractivity contribution in [2.75, 3.05) is 44.2 Å². The van der Waals surface area contributed by atoms with Gasteiger partial charge in [-0.15, -0.1) is 0 Å². The van der Waals surface area contributed by atoms with Crippen LogP contribution in [0.25, 0.3) is 6.08 Å². The molecule has 2 aliphatic heterocycles. The second-order valence-electron chi connectivity index (χ2n) is 9.63. The molecule has 3 heterocycles. The van der Waals surface area contributed by atoms with Crippen molar-refractivity contribution in [3.8, 4) is 5.75 Å². The average molecular weight is 501 g/mol. The molecule has 0 saturated carbocycles. The van der Waals surface area contributed by atoms with E-state index < -0.39 is 0 Å². The van der Waals surface area contributed by atoms with Crippen LogP contribution in [-0.4, -0.2) is 66.1 Å². The number of hydrogen-bond donors (Lipinski definition) is 0. The topological polar surface area (TPSA) is 48.9 Å². The molecule has 2 aliphatic rings. The van der Waals surface area contributed by atoms with Crippen molar-refractivity contribution in [1.82, 2.24) is 14.8 Å². The summed E-state index contributed by atoms with van der Waals surface area (Å²) in [7, 11) is 0. The molecular formula is C30H33FN4O2. The molecular weight excluding hydrogens is 467 g/mol. The van der Waals surface area contributed by atoms with Crippen molar-refractivity contribution in [3.63, 3.8) is 0 Å². The zero-order valence-corrected chi connectivity index (χ0v) is 21.0. The summed E-state index contributed by atoms with van der Waals surface area (Å²) in [5.41, 5.74) is 1.93. The van der Waals surface area contributed by atoms with Crippen LogP contribution in [0.2, 0.25) is 0 Å². The zero-order chi connectivity index (χ0) is 25.5. The van der Waals surface area contributed by atoms with E-state index in [-0.39, 0.29) is 17.8 Å². The van der Waals surface area contributed by atoms with Crippen LogP contribution in [-0.2, 0) is 11.3 Å². The maximum Gasteiger partial charge on any atom is 0.246 e. The molecule has 2 aromatic carbocycles. The molecule has 2 fully saturated rings. The van der Waals surface area contributed by atoms with Gasteiger partial charge in [0, 0.05) is 70.9 Å². The van der Waals surface area contributed by atoms with Gasteiger partial charge in [0.05, 0.1) is 0 Å². The maximum atomic E-state index is 13.3. The van der Waals surface area contributed by atoms with Gasteiger partial charge in [0.15, 0.2) is 0 Å². The smallest absolute Gasteiger partial charge is 0.246 e. The van der Waals surface area contributed by atoms with Crippen molar-refractivity contribution in [1.29, 1.82) is 0 Å². The summed E-state index contributed by atoms with van der Waals surface area (Å²) < 4.78 is 19.6. The first-order valence-electron chi connectivity index (χ1n) is 13.0. The van der Waals surface area contributed by atoms with Gasteiger partial charge in [-0.05, 0) is 53.6 Å². The highest BCUT2D eigenvalue weighted by atomic mass is 19.1. The summed E-state index contributed by atoms with van der Waals surface area (Å²) in [5, 5.41) is 0. The first-order valence-corrected chi connectivity index (χ1v) is 13.0. The zero-order valence-electron chi connectivity index (χ0n) is 21.0. The first kappa shape index (κ1) is 25.0. The molecule has 6 nitrogen and oxygen atoms in total. The molecule has 0 atom stereocenters. The van der Waals surface area contributed by atoms with Crippen molar-refractivity contribution < 1.29 is 13.9 Å². The fourth-order valence-electron chi connectivity index (χ4n) is 4.92. The number of pyridine rings is 1. The average Bonchev–Trinajstić information content (AvgIpc) is 2.93. The van der Waals surface area contributed by atoms with Crippen LogP contribution in [0, 0.1) is 5.82 Å². The molecule has 1 aromatic heterocycles. The van der Waals surface area contributed by atoms with Crippen LogP contribution in [0.5, 0.6) is 5.75 Å². The maximum absolute atomic E-state index is 13.3. The number of piperidine rings is 1. The predicted molar refractivity (Wildman–Crippen MR) is 144 cm³/mol. The number of likely N-dealkylation sites (tertiary alicyclic amines) is 1. The Morgan fingerprint density at radius 2 is 1.76 bits per heavy atom. The summed E-state index contributed by atoms with van der Waals surface area (Å²) >= 11 is 0. The Kier molecular flexibility index (Phi) is 8.11. The van der Waals surface area contributed by atoms with Crippen molar-refractivity contribution in [3.05, 3.63) is 95.9 Å². The lowest BCUT2D eigenvalue weighted by molar-refractivity contribution is -0.127. The minimum absolute atomic E-state index is 0.0483. The highest BCUT2D eigenvalue weighted by Crippen LogP contribution is 2.22. The monoisotopic (exact) mass is 500 g/mol.